The predicted octanol–water partition coefficient (Wildman–Crippen LogP) is 3.96. The predicted molar refractivity (Wildman–Crippen MR) is 82.7 cm³/mol. The highest BCUT2D eigenvalue weighted by Crippen LogP contribution is 2.24. The molecule has 2 heterocycles. The zero-order valence-corrected chi connectivity index (χ0v) is 12.7. The van der Waals surface area contributed by atoms with Crippen LogP contribution in [0.15, 0.2) is 30.5 Å². The maximum Gasteiger partial charge on any atom is 0.164 e. The fourth-order valence-corrected chi connectivity index (χ4v) is 2.58. The number of hydrogen-bond donors (Lipinski definition) is 0. The second kappa shape index (κ2) is 5.45. The molecule has 3 aromatic rings. The summed E-state index contributed by atoms with van der Waals surface area (Å²) < 4.78 is 16.1. The molecule has 0 unspecified atom stereocenters. The largest absolute Gasteiger partial charge is 0.278 e. The number of halogens is 2. The molecule has 0 fully saturated rings. The molecule has 3 rings (SSSR count). The first-order valence-corrected chi connectivity index (χ1v) is 7.30. The van der Waals surface area contributed by atoms with E-state index in [2.05, 4.69) is 9.97 Å². The molecule has 0 amide bonds. The summed E-state index contributed by atoms with van der Waals surface area (Å²) in [5, 5.41) is 0. The number of alkyl halides is 1. The fourth-order valence-electron chi connectivity index (χ4n) is 2.41. The third kappa shape index (κ3) is 2.51. The standard InChI is InChI=1S/C16H15ClFN3/c1-10-3-4-14(12(18)7-10)21-15(5-6-17)20-13-8-11(2)9-19-16(13)21/h3-4,7-9H,5-6H2,1-2H3. The number of pyridine rings is 1. The topological polar surface area (TPSA) is 30.7 Å². The lowest BCUT2D eigenvalue weighted by Gasteiger charge is -2.09. The zero-order valence-electron chi connectivity index (χ0n) is 11.9. The average Bonchev–Trinajstić information content (AvgIpc) is 2.76. The first kappa shape index (κ1) is 14.0. The van der Waals surface area contributed by atoms with Crippen LogP contribution in [0.2, 0.25) is 0 Å². The molecule has 21 heavy (non-hydrogen) atoms. The van der Waals surface area contributed by atoms with Crippen molar-refractivity contribution in [3.05, 3.63) is 53.2 Å². The van der Waals surface area contributed by atoms with Crippen LogP contribution in [0, 0.1) is 19.7 Å². The molecule has 0 radical (unpaired) electrons. The third-order valence-corrected chi connectivity index (χ3v) is 3.55. The normalized spacial score (nSPS) is 11.2. The Balaban J connectivity index is 2.30. The van der Waals surface area contributed by atoms with Gasteiger partial charge in [-0.2, -0.15) is 0 Å². The monoisotopic (exact) mass is 303 g/mol. The van der Waals surface area contributed by atoms with Crippen molar-refractivity contribution in [2.24, 2.45) is 0 Å². The molecular formula is C16H15ClFN3. The van der Waals surface area contributed by atoms with Crippen LogP contribution in [-0.4, -0.2) is 20.4 Å². The molecule has 0 N–H and O–H groups in total. The lowest BCUT2D eigenvalue weighted by molar-refractivity contribution is 0.615. The number of fused-ring (bicyclic) bond motifs is 1. The van der Waals surface area contributed by atoms with E-state index in [9.17, 15) is 4.39 Å². The number of nitrogens with zero attached hydrogens (tertiary/aromatic N) is 3. The van der Waals surface area contributed by atoms with E-state index in [1.165, 1.54) is 6.07 Å². The van der Waals surface area contributed by atoms with Crippen molar-refractivity contribution in [2.45, 2.75) is 20.3 Å². The Labute approximate surface area is 127 Å². The maximum absolute atomic E-state index is 14.3. The number of aryl methyl sites for hydroxylation is 3. The van der Waals surface area contributed by atoms with Gasteiger partial charge in [-0.05, 0) is 43.2 Å². The molecule has 2 aromatic heterocycles. The molecule has 0 saturated carbocycles. The van der Waals surface area contributed by atoms with E-state index >= 15 is 0 Å². The fraction of sp³-hybridized carbons (Fsp3) is 0.250. The summed E-state index contributed by atoms with van der Waals surface area (Å²) in [6.07, 6.45) is 2.32. The van der Waals surface area contributed by atoms with Crippen LogP contribution in [-0.2, 0) is 6.42 Å². The zero-order chi connectivity index (χ0) is 15.0. The highest BCUT2D eigenvalue weighted by Gasteiger charge is 2.16. The van der Waals surface area contributed by atoms with Crippen molar-refractivity contribution in [2.75, 3.05) is 5.88 Å². The highest BCUT2D eigenvalue weighted by atomic mass is 35.5. The van der Waals surface area contributed by atoms with Crippen LogP contribution in [0.3, 0.4) is 0 Å². The van der Waals surface area contributed by atoms with Gasteiger partial charge in [0.2, 0.25) is 0 Å². The summed E-state index contributed by atoms with van der Waals surface area (Å²) in [5.74, 6) is 0.865. The summed E-state index contributed by atoms with van der Waals surface area (Å²) >= 11 is 5.85. The van der Waals surface area contributed by atoms with Crippen molar-refractivity contribution in [3.8, 4) is 5.69 Å². The Morgan fingerprint density at radius 1 is 1.19 bits per heavy atom. The van der Waals surface area contributed by atoms with E-state index in [0.29, 0.717) is 23.6 Å². The van der Waals surface area contributed by atoms with Gasteiger partial charge in [-0.25, -0.2) is 14.4 Å². The van der Waals surface area contributed by atoms with Crippen molar-refractivity contribution in [3.63, 3.8) is 0 Å². The van der Waals surface area contributed by atoms with Gasteiger partial charge in [-0.15, -0.1) is 11.6 Å². The van der Waals surface area contributed by atoms with Crippen LogP contribution in [0.4, 0.5) is 4.39 Å². The van der Waals surface area contributed by atoms with Crippen LogP contribution in [0.25, 0.3) is 16.9 Å². The maximum atomic E-state index is 14.3. The molecule has 0 atom stereocenters. The number of rotatable bonds is 3. The summed E-state index contributed by atoms with van der Waals surface area (Å²) in [5.41, 5.74) is 3.77. The number of hydrogen-bond acceptors (Lipinski definition) is 2. The molecule has 1 aromatic carbocycles. The first-order valence-electron chi connectivity index (χ1n) is 6.76. The summed E-state index contributed by atoms with van der Waals surface area (Å²) in [7, 11) is 0. The van der Waals surface area contributed by atoms with E-state index in [1.54, 1.807) is 16.8 Å². The van der Waals surface area contributed by atoms with Gasteiger partial charge in [0.05, 0.1) is 5.69 Å². The molecule has 0 saturated heterocycles. The molecule has 108 valence electrons. The van der Waals surface area contributed by atoms with E-state index in [4.69, 9.17) is 11.6 Å². The van der Waals surface area contributed by atoms with Gasteiger partial charge in [0.25, 0.3) is 0 Å². The Morgan fingerprint density at radius 2 is 2.00 bits per heavy atom. The van der Waals surface area contributed by atoms with Gasteiger partial charge in [0, 0.05) is 18.5 Å². The Bertz CT molecular complexity index is 811. The van der Waals surface area contributed by atoms with Gasteiger partial charge in [0.1, 0.15) is 17.2 Å². The molecule has 5 heteroatoms. The van der Waals surface area contributed by atoms with Gasteiger partial charge in [-0.3, -0.25) is 4.57 Å². The third-order valence-electron chi connectivity index (χ3n) is 3.37. The van der Waals surface area contributed by atoms with Crippen LogP contribution in [0.5, 0.6) is 0 Å². The van der Waals surface area contributed by atoms with E-state index in [-0.39, 0.29) is 5.82 Å². The highest BCUT2D eigenvalue weighted by molar-refractivity contribution is 6.17. The lowest BCUT2D eigenvalue weighted by Crippen LogP contribution is -2.05. The van der Waals surface area contributed by atoms with Gasteiger partial charge >= 0.3 is 0 Å². The lowest BCUT2D eigenvalue weighted by atomic mass is 10.2. The summed E-state index contributed by atoms with van der Waals surface area (Å²) in [4.78, 5) is 8.97. The Morgan fingerprint density at radius 3 is 2.71 bits per heavy atom. The van der Waals surface area contributed by atoms with Gasteiger partial charge in [0.15, 0.2) is 5.65 Å². The molecular weight excluding hydrogens is 289 g/mol. The Kier molecular flexibility index (Phi) is 3.64. The minimum atomic E-state index is -0.285. The Hall–Kier alpha value is -1.94. The minimum absolute atomic E-state index is 0.285. The van der Waals surface area contributed by atoms with Crippen LogP contribution < -0.4 is 0 Å². The van der Waals surface area contributed by atoms with E-state index in [0.717, 1.165) is 22.5 Å². The van der Waals surface area contributed by atoms with Crippen molar-refractivity contribution >= 4 is 22.8 Å². The van der Waals surface area contributed by atoms with E-state index in [1.807, 2.05) is 26.0 Å². The molecule has 0 aliphatic heterocycles. The minimum Gasteiger partial charge on any atom is -0.278 e. The van der Waals surface area contributed by atoms with Crippen molar-refractivity contribution < 1.29 is 4.39 Å². The summed E-state index contributed by atoms with van der Waals surface area (Å²) in [6, 6.07) is 7.09. The van der Waals surface area contributed by atoms with Crippen molar-refractivity contribution in [1.29, 1.82) is 0 Å². The second-order valence-corrected chi connectivity index (χ2v) is 5.49. The second-order valence-electron chi connectivity index (χ2n) is 5.11. The molecule has 0 bridgehead atoms. The quantitative estimate of drug-likeness (QED) is 0.686. The van der Waals surface area contributed by atoms with E-state index < -0.39 is 0 Å². The molecule has 0 spiro atoms. The SMILES string of the molecule is Cc1ccc(-n2c(CCCl)nc3cc(C)cnc32)c(F)c1. The molecule has 0 aliphatic rings. The van der Waals surface area contributed by atoms with Crippen LogP contribution in [0.1, 0.15) is 17.0 Å². The van der Waals surface area contributed by atoms with Gasteiger partial charge < -0.3 is 0 Å². The van der Waals surface area contributed by atoms with Gasteiger partial charge in [-0.1, -0.05) is 6.07 Å². The first-order chi connectivity index (χ1) is 10.1. The smallest absolute Gasteiger partial charge is 0.164 e. The average molecular weight is 304 g/mol. The number of aromatic nitrogens is 3. The summed E-state index contributed by atoms with van der Waals surface area (Å²) in [6.45, 7) is 3.82. The molecule has 0 aliphatic carbocycles. The van der Waals surface area contributed by atoms with Crippen LogP contribution >= 0.6 is 11.6 Å². The molecule has 3 nitrogen and oxygen atoms in total. The number of imidazole rings is 1. The number of benzene rings is 1. The van der Waals surface area contributed by atoms with Crippen molar-refractivity contribution in [1.82, 2.24) is 14.5 Å².